The van der Waals surface area contributed by atoms with Crippen LogP contribution >= 0.6 is 0 Å². The van der Waals surface area contributed by atoms with E-state index in [0.717, 1.165) is 41.7 Å². The number of aryl methyl sites for hydroxylation is 1. The molecule has 0 radical (unpaired) electrons. The number of hydrogen-bond donors (Lipinski definition) is 1. The summed E-state index contributed by atoms with van der Waals surface area (Å²) < 4.78 is 5.94. The van der Waals surface area contributed by atoms with Crippen molar-refractivity contribution >= 4 is 5.91 Å². The first-order chi connectivity index (χ1) is 16.3. The molecule has 1 amide bonds. The largest absolute Gasteiger partial charge is 0.489 e. The molecule has 1 N–H and O–H groups in total. The zero-order chi connectivity index (χ0) is 22.7. The number of rotatable bonds is 10. The van der Waals surface area contributed by atoms with Crippen LogP contribution < -0.4 is 10.1 Å². The van der Waals surface area contributed by atoms with Crippen LogP contribution in [0.15, 0.2) is 103 Å². The SMILES string of the molecule is O=C(NCCCCc1cccnc1)c1ccc(-c2cccc(OCc3ccccc3)c2)cc1. The van der Waals surface area contributed by atoms with E-state index in [1.54, 1.807) is 6.20 Å². The molecule has 0 aliphatic heterocycles. The fourth-order valence-corrected chi connectivity index (χ4v) is 3.62. The maximum absolute atomic E-state index is 12.5. The normalized spacial score (nSPS) is 10.5. The number of carbonyl (C=O) groups excluding carboxylic acids is 1. The number of hydrogen-bond acceptors (Lipinski definition) is 3. The van der Waals surface area contributed by atoms with Crippen molar-refractivity contribution in [1.82, 2.24) is 10.3 Å². The smallest absolute Gasteiger partial charge is 0.251 e. The summed E-state index contributed by atoms with van der Waals surface area (Å²) in [5.74, 6) is 0.785. The summed E-state index contributed by atoms with van der Waals surface area (Å²) in [5.41, 5.74) is 5.14. The van der Waals surface area contributed by atoms with Crippen molar-refractivity contribution in [2.24, 2.45) is 0 Å². The number of benzene rings is 3. The monoisotopic (exact) mass is 436 g/mol. The zero-order valence-corrected chi connectivity index (χ0v) is 18.6. The maximum Gasteiger partial charge on any atom is 0.251 e. The molecule has 0 saturated heterocycles. The Kier molecular flexibility index (Phi) is 7.85. The molecule has 0 unspecified atom stereocenters. The lowest BCUT2D eigenvalue weighted by Gasteiger charge is -2.09. The van der Waals surface area contributed by atoms with Gasteiger partial charge in [-0.05, 0) is 71.8 Å². The van der Waals surface area contributed by atoms with Gasteiger partial charge >= 0.3 is 0 Å². The number of unbranched alkanes of at least 4 members (excludes halogenated alkanes) is 1. The second-order valence-corrected chi connectivity index (χ2v) is 7.95. The Morgan fingerprint density at radius 2 is 1.61 bits per heavy atom. The van der Waals surface area contributed by atoms with Gasteiger partial charge in [0.05, 0.1) is 0 Å². The molecule has 0 saturated carbocycles. The molecule has 0 spiro atoms. The highest BCUT2D eigenvalue weighted by molar-refractivity contribution is 5.94. The standard InChI is InChI=1S/C29H28N2O2/c32-29(31-19-5-4-8-23-11-7-18-30-21-23)26-16-14-25(15-17-26)27-12-6-13-28(20-27)33-22-24-9-2-1-3-10-24/h1-3,6-7,9-18,20-21H,4-5,8,19,22H2,(H,31,32). The molecule has 4 aromatic rings. The molecule has 3 aromatic carbocycles. The molecule has 4 nitrogen and oxygen atoms in total. The number of amides is 1. The molecule has 33 heavy (non-hydrogen) atoms. The molecule has 0 fully saturated rings. The molecular weight excluding hydrogens is 408 g/mol. The van der Waals surface area contributed by atoms with E-state index in [1.165, 1.54) is 5.56 Å². The van der Waals surface area contributed by atoms with Gasteiger partial charge in [0.25, 0.3) is 5.91 Å². The quantitative estimate of drug-likeness (QED) is 0.307. The highest BCUT2D eigenvalue weighted by Crippen LogP contribution is 2.25. The lowest BCUT2D eigenvalue weighted by molar-refractivity contribution is 0.0953. The lowest BCUT2D eigenvalue weighted by Crippen LogP contribution is -2.24. The van der Waals surface area contributed by atoms with Crippen molar-refractivity contribution in [2.75, 3.05) is 6.54 Å². The Morgan fingerprint density at radius 1 is 0.788 bits per heavy atom. The summed E-state index contributed by atoms with van der Waals surface area (Å²) in [7, 11) is 0. The number of nitrogens with zero attached hydrogens (tertiary/aromatic N) is 1. The Hall–Kier alpha value is -3.92. The van der Waals surface area contributed by atoms with Gasteiger partial charge in [0, 0.05) is 24.5 Å². The second kappa shape index (κ2) is 11.6. The second-order valence-electron chi connectivity index (χ2n) is 7.95. The minimum Gasteiger partial charge on any atom is -0.489 e. The molecule has 166 valence electrons. The van der Waals surface area contributed by atoms with Gasteiger partial charge < -0.3 is 10.1 Å². The fourth-order valence-electron chi connectivity index (χ4n) is 3.62. The van der Waals surface area contributed by atoms with Gasteiger partial charge in [-0.15, -0.1) is 0 Å². The van der Waals surface area contributed by atoms with Crippen LogP contribution in [0.3, 0.4) is 0 Å². The van der Waals surface area contributed by atoms with Gasteiger partial charge in [-0.2, -0.15) is 0 Å². The number of nitrogens with one attached hydrogen (secondary N) is 1. The molecule has 0 aliphatic rings. The third-order valence-corrected chi connectivity index (χ3v) is 5.46. The average molecular weight is 437 g/mol. The van der Waals surface area contributed by atoms with Crippen molar-refractivity contribution < 1.29 is 9.53 Å². The lowest BCUT2D eigenvalue weighted by atomic mass is 10.0. The van der Waals surface area contributed by atoms with E-state index in [4.69, 9.17) is 4.74 Å². The first-order valence-electron chi connectivity index (χ1n) is 11.3. The topological polar surface area (TPSA) is 51.2 Å². The molecule has 4 heteroatoms. The van der Waals surface area contributed by atoms with Crippen LogP contribution in [0.1, 0.15) is 34.3 Å². The summed E-state index contributed by atoms with van der Waals surface area (Å²) in [5, 5.41) is 3.01. The predicted molar refractivity (Wildman–Crippen MR) is 132 cm³/mol. The number of ether oxygens (including phenoxy) is 1. The minimum atomic E-state index is -0.0390. The zero-order valence-electron chi connectivity index (χ0n) is 18.6. The van der Waals surface area contributed by atoms with E-state index in [0.29, 0.717) is 18.7 Å². The van der Waals surface area contributed by atoms with Gasteiger partial charge in [-0.1, -0.05) is 60.7 Å². The molecule has 0 bridgehead atoms. The van der Waals surface area contributed by atoms with Crippen molar-refractivity contribution in [3.63, 3.8) is 0 Å². The van der Waals surface area contributed by atoms with E-state index in [9.17, 15) is 4.79 Å². The molecule has 0 aliphatic carbocycles. The van der Waals surface area contributed by atoms with E-state index >= 15 is 0 Å². The van der Waals surface area contributed by atoms with Crippen LogP contribution in [0.5, 0.6) is 5.75 Å². The Morgan fingerprint density at radius 3 is 2.39 bits per heavy atom. The van der Waals surface area contributed by atoms with Gasteiger partial charge in [-0.3, -0.25) is 9.78 Å². The maximum atomic E-state index is 12.5. The van der Waals surface area contributed by atoms with E-state index in [-0.39, 0.29) is 5.91 Å². The Balaban J connectivity index is 1.26. The van der Waals surface area contributed by atoms with Crippen molar-refractivity contribution in [2.45, 2.75) is 25.9 Å². The van der Waals surface area contributed by atoms with Gasteiger partial charge in [0.15, 0.2) is 0 Å². The van der Waals surface area contributed by atoms with Gasteiger partial charge in [0.1, 0.15) is 12.4 Å². The highest BCUT2D eigenvalue weighted by Gasteiger charge is 2.06. The summed E-state index contributed by atoms with van der Waals surface area (Å²) >= 11 is 0. The number of carbonyl (C=O) groups is 1. The summed E-state index contributed by atoms with van der Waals surface area (Å²) in [6, 6.07) is 29.9. The van der Waals surface area contributed by atoms with Crippen molar-refractivity contribution in [3.05, 3.63) is 120 Å². The van der Waals surface area contributed by atoms with Gasteiger partial charge in [0.2, 0.25) is 0 Å². The third-order valence-electron chi connectivity index (χ3n) is 5.46. The van der Waals surface area contributed by atoms with Crippen LogP contribution in [-0.2, 0) is 13.0 Å². The number of aromatic nitrogens is 1. The van der Waals surface area contributed by atoms with Crippen LogP contribution in [0, 0.1) is 0 Å². The third kappa shape index (κ3) is 6.78. The summed E-state index contributed by atoms with van der Waals surface area (Å²) in [6.07, 6.45) is 6.62. The molecule has 4 rings (SSSR count). The fraction of sp³-hybridized carbons (Fsp3) is 0.172. The van der Waals surface area contributed by atoms with Crippen molar-refractivity contribution in [3.8, 4) is 16.9 Å². The molecular formula is C29H28N2O2. The average Bonchev–Trinajstić information content (AvgIpc) is 2.89. The molecule has 1 aromatic heterocycles. The number of pyridine rings is 1. The summed E-state index contributed by atoms with van der Waals surface area (Å²) in [6.45, 7) is 1.20. The molecule has 1 heterocycles. The van der Waals surface area contributed by atoms with E-state index < -0.39 is 0 Å². The van der Waals surface area contributed by atoms with Crippen LogP contribution in [0.25, 0.3) is 11.1 Å². The van der Waals surface area contributed by atoms with Crippen LogP contribution in [0.4, 0.5) is 0 Å². The van der Waals surface area contributed by atoms with Crippen molar-refractivity contribution in [1.29, 1.82) is 0 Å². The Bertz CT molecular complexity index is 1140. The first-order valence-corrected chi connectivity index (χ1v) is 11.3. The Labute approximate surface area is 195 Å². The first kappa shape index (κ1) is 22.3. The minimum absolute atomic E-state index is 0.0390. The summed E-state index contributed by atoms with van der Waals surface area (Å²) in [4.78, 5) is 16.6. The van der Waals surface area contributed by atoms with Gasteiger partial charge in [-0.25, -0.2) is 0 Å². The van der Waals surface area contributed by atoms with Crippen LogP contribution in [0.2, 0.25) is 0 Å². The molecule has 0 atom stereocenters. The van der Waals surface area contributed by atoms with E-state index in [2.05, 4.69) is 16.4 Å². The highest BCUT2D eigenvalue weighted by atomic mass is 16.5. The van der Waals surface area contributed by atoms with E-state index in [1.807, 2.05) is 91.1 Å². The van der Waals surface area contributed by atoms with Crippen LogP contribution in [-0.4, -0.2) is 17.4 Å². The predicted octanol–water partition coefficient (Wildman–Crippen LogP) is 6.08.